The van der Waals surface area contributed by atoms with Crippen LogP contribution in [0, 0.1) is 0 Å². The summed E-state index contributed by atoms with van der Waals surface area (Å²) >= 11 is 1.84. The highest BCUT2D eigenvalue weighted by molar-refractivity contribution is 8.00. The third-order valence-electron chi connectivity index (χ3n) is 4.74. The molecule has 6 nitrogen and oxygen atoms in total. The number of carbonyl (C=O) groups excluding carboxylic acids is 2. The number of carbonyl (C=O) groups is 2. The van der Waals surface area contributed by atoms with Crippen molar-refractivity contribution >= 4 is 23.7 Å². The summed E-state index contributed by atoms with van der Waals surface area (Å²) in [6, 6.07) is 9.40. The third kappa shape index (κ3) is 4.03. The lowest BCUT2D eigenvalue weighted by atomic mass is 10.0. The van der Waals surface area contributed by atoms with Crippen LogP contribution in [0.5, 0.6) is 5.75 Å². The zero-order valence-corrected chi connectivity index (χ0v) is 15.4. The maximum atomic E-state index is 12.7. The van der Waals surface area contributed by atoms with Crippen LogP contribution in [-0.4, -0.2) is 65.1 Å². The minimum Gasteiger partial charge on any atom is -0.484 e. The molecule has 2 aliphatic heterocycles. The van der Waals surface area contributed by atoms with E-state index in [1.807, 2.05) is 58.8 Å². The Hall–Kier alpha value is -1.89. The standard InChI is InChI=1S/C18H25N3O3S/c1-2-19-17(23)20-10-8-18(9-11-20)21(12-13-25-18)16(22)14-24-15-6-4-3-5-7-15/h3-7H,2,8-14H2,1H3,(H,19,23). The zero-order valence-electron chi connectivity index (χ0n) is 14.6. The van der Waals surface area contributed by atoms with Crippen LogP contribution in [0.2, 0.25) is 0 Å². The van der Waals surface area contributed by atoms with Gasteiger partial charge >= 0.3 is 6.03 Å². The summed E-state index contributed by atoms with van der Waals surface area (Å²) in [5.41, 5.74) is 0. The summed E-state index contributed by atoms with van der Waals surface area (Å²) in [6.07, 6.45) is 1.62. The molecule has 2 heterocycles. The van der Waals surface area contributed by atoms with Gasteiger partial charge in [-0.05, 0) is 31.9 Å². The molecule has 0 unspecified atom stereocenters. The smallest absolute Gasteiger partial charge is 0.317 e. The first-order valence-corrected chi connectivity index (χ1v) is 9.78. The number of thioether (sulfide) groups is 1. The summed E-state index contributed by atoms with van der Waals surface area (Å²) in [5, 5.41) is 2.85. The lowest BCUT2D eigenvalue weighted by Crippen LogP contribution is -2.55. The van der Waals surface area contributed by atoms with E-state index in [2.05, 4.69) is 5.32 Å². The summed E-state index contributed by atoms with van der Waals surface area (Å²) in [6.45, 7) is 4.74. The fraction of sp³-hybridized carbons (Fsp3) is 0.556. The number of likely N-dealkylation sites (tertiary alicyclic amines) is 1. The van der Waals surface area contributed by atoms with E-state index in [1.165, 1.54) is 0 Å². The maximum Gasteiger partial charge on any atom is 0.317 e. The molecule has 25 heavy (non-hydrogen) atoms. The van der Waals surface area contributed by atoms with Crippen molar-refractivity contribution < 1.29 is 14.3 Å². The van der Waals surface area contributed by atoms with Crippen molar-refractivity contribution in [3.63, 3.8) is 0 Å². The van der Waals surface area contributed by atoms with E-state index in [-0.39, 0.29) is 23.4 Å². The number of para-hydroxylation sites is 1. The van der Waals surface area contributed by atoms with E-state index in [9.17, 15) is 9.59 Å². The fourth-order valence-corrected chi connectivity index (χ4v) is 4.91. The number of amides is 3. The number of rotatable bonds is 4. The number of urea groups is 1. The normalized spacial score (nSPS) is 19.1. The van der Waals surface area contributed by atoms with Crippen LogP contribution in [0.15, 0.2) is 30.3 Å². The van der Waals surface area contributed by atoms with Crippen molar-refractivity contribution in [2.24, 2.45) is 0 Å². The average molecular weight is 363 g/mol. The number of ether oxygens (including phenoxy) is 1. The molecule has 0 aliphatic carbocycles. The lowest BCUT2D eigenvalue weighted by molar-refractivity contribution is -0.136. The van der Waals surface area contributed by atoms with Crippen LogP contribution < -0.4 is 10.1 Å². The summed E-state index contributed by atoms with van der Waals surface area (Å²) in [7, 11) is 0. The molecule has 1 aromatic carbocycles. The van der Waals surface area contributed by atoms with Crippen molar-refractivity contribution in [3.05, 3.63) is 30.3 Å². The van der Waals surface area contributed by atoms with Crippen molar-refractivity contribution in [2.45, 2.75) is 24.6 Å². The predicted molar refractivity (Wildman–Crippen MR) is 98.7 cm³/mol. The van der Waals surface area contributed by atoms with E-state index < -0.39 is 0 Å². The molecule has 0 saturated carbocycles. The highest BCUT2D eigenvalue weighted by Crippen LogP contribution is 2.43. The Bertz CT molecular complexity index is 603. The topological polar surface area (TPSA) is 61.9 Å². The Morgan fingerprint density at radius 3 is 2.60 bits per heavy atom. The third-order valence-corrected chi connectivity index (χ3v) is 6.30. The van der Waals surface area contributed by atoms with E-state index in [4.69, 9.17) is 4.74 Å². The van der Waals surface area contributed by atoms with Gasteiger partial charge in [0.2, 0.25) is 0 Å². The van der Waals surface area contributed by atoms with E-state index in [1.54, 1.807) is 0 Å². The highest BCUT2D eigenvalue weighted by Gasteiger charge is 2.46. The monoisotopic (exact) mass is 363 g/mol. The first-order valence-electron chi connectivity index (χ1n) is 8.80. The molecule has 0 aromatic heterocycles. The van der Waals surface area contributed by atoms with Crippen molar-refractivity contribution in [2.75, 3.05) is 38.5 Å². The van der Waals surface area contributed by atoms with E-state index in [0.717, 1.165) is 25.1 Å². The molecular formula is C18H25N3O3S. The number of nitrogens with one attached hydrogen (secondary N) is 1. The largest absolute Gasteiger partial charge is 0.484 e. The van der Waals surface area contributed by atoms with Gasteiger partial charge in [-0.15, -0.1) is 11.8 Å². The Morgan fingerprint density at radius 2 is 1.92 bits per heavy atom. The summed E-state index contributed by atoms with van der Waals surface area (Å²) in [5.74, 6) is 1.68. The molecule has 0 radical (unpaired) electrons. The van der Waals surface area contributed by atoms with Gasteiger partial charge in [0.1, 0.15) is 5.75 Å². The molecule has 3 amide bonds. The molecular weight excluding hydrogens is 338 g/mol. The van der Waals surface area contributed by atoms with Gasteiger partial charge in [0, 0.05) is 31.9 Å². The predicted octanol–water partition coefficient (Wildman–Crippen LogP) is 2.16. The lowest BCUT2D eigenvalue weighted by Gasteiger charge is -2.43. The quantitative estimate of drug-likeness (QED) is 0.891. The second-order valence-electron chi connectivity index (χ2n) is 6.26. The first kappa shape index (κ1) is 17.9. The van der Waals surface area contributed by atoms with Crippen molar-refractivity contribution in [1.29, 1.82) is 0 Å². The minimum atomic E-state index is -0.180. The van der Waals surface area contributed by atoms with Gasteiger partial charge in [-0.2, -0.15) is 0 Å². The first-order chi connectivity index (χ1) is 12.1. The van der Waals surface area contributed by atoms with Crippen LogP contribution in [0.3, 0.4) is 0 Å². The van der Waals surface area contributed by atoms with Gasteiger partial charge in [-0.25, -0.2) is 4.79 Å². The average Bonchev–Trinajstić information content (AvgIpc) is 3.04. The Kier molecular flexibility index (Phi) is 5.73. The van der Waals surface area contributed by atoms with Crippen LogP contribution in [-0.2, 0) is 4.79 Å². The molecule has 2 saturated heterocycles. The maximum absolute atomic E-state index is 12.7. The molecule has 7 heteroatoms. The Balaban J connectivity index is 1.57. The molecule has 2 aliphatic rings. The molecule has 2 fully saturated rings. The van der Waals surface area contributed by atoms with E-state index in [0.29, 0.717) is 25.4 Å². The highest BCUT2D eigenvalue weighted by atomic mass is 32.2. The minimum absolute atomic E-state index is 0.00867. The second-order valence-corrected chi connectivity index (χ2v) is 7.72. The Labute approximate surface area is 152 Å². The van der Waals surface area contributed by atoms with Crippen LogP contribution in [0.4, 0.5) is 4.79 Å². The van der Waals surface area contributed by atoms with Gasteiger partial charge in [-0.3, -0.25) is 4.79 Å². The SMILES string of the molecule is CCNC(=O)N1CCC2(CC1)SCCN2C(=O)COc1ccccc1. The fourth-order valence-electron chi connectivity index (χ4n) is 3.44. The van der Waals surface area contributed by atoms with Crippen LogP contribution >= 0.6 is 11.8 Å². The number of hydrogen-bond acceptors (Lipinski definition) is 4. The van der Waals surface area contributed by atoms with Gasteiger partial charge in [0.15, 0.2) is 6.61 Å². The van der Waals surface area contributed by atoms with Gasteiger partial charge < -0.3 is 19.9 Å². The van der Waals surface area contributed by atoms with Crippen molar-refractivity contribution in [3.8, 4) is 5.75 Å². The molecule has 1 aromatic rings. The number of benzene rings is 1. The molecule has 136 valence electrons. The molecule has 1 spiro atoms. The summed E-state index contributed by atoms with van der Waals surface area (Å²) in [4.78, 5) is 28.3. The molecule has 0 bridgehead atoms. The second kappa shape index (κ2) is 7.99. The number of hydrogen-bond donors (Lipinski definition) is 1. The van der Waals surface area contributed by atoms with E-state index >= 15 is 0 Å². The molecule has 1 N–H and O–H groups in total. The zero-order chi connectivity index (χ0) is 17.7. The Morgan fingerprint density at radius 1 is 1.20 bits per heavy atom. The van der Waals surface area contributed by atoms with Gasteiger partial charge in [0.25, 0.3) is 5.91 Å². The van der Waals surface area contributed by atoms with Crippen molar-refractivity contribution in [1.82, 2.24) is 15.1 Å². The number of nitrogens with zero attached hydrogens (tertiary/aromatic N) is 2. The van der Waals surface area contributed by atoms with Crippen LogP contribution in [0.1, 0.15) is 19.8 Å². The van der Waals surface area contributed by atoms with Gasteiger partial charge in [-0.1, -0.05) is 18.2 Å². The summed E-state index contributed by atoms with van der Waals surface area (Å²) < 4.78 is 5.63. The van der Waals surface area contributed by atoms with Gasteiger partial charge in [0.05, 0.1) is 4.87 Å². The number of piperidine rings is 1. The van der Waals surface area contributed by atoms with Crippen LogP contribution in [0.25, 0.3) is 0 Å². The molecule has 0 atom stereocenters. The molecule has 3 rings (SSSR count).